The van der Waals surface area contributed by atoms with Crippen molar-refractivity contribution in [3.8, 4) is 0 Å². The van der Waals surface area contributed by atoms with Crippen LogP contribution in [0.1, 0.15) is 96.8 Å². The summed E-state index contributed by atoms with van der Waals surface area (Å²) in [5, 5.41) is 0. The third-order valence-electron chi connectivity index (χ3n) is 4.95. The molecule has 0 spiro atoms. The van der Waals surface area contributed by atoms with Crippen LogP contribution in [0.5, 0.6) is 0 Å². The standard InChI is InChI=1S/C23H41S/c1-3-4-5-6-7-8-9-10-11-12-13-14-15-19-22-24(2)23-20-17-16-18-21-23/h16-18,20-21H,3-15,19,22H2,1-2H3/q+1. The minimum absolute atomic E-state index is 0.450. The largest absolute Gasteiger partial charge is 0.154 e. The molecule has 0 fully saturated rings. The maximum Gasteiger partial charge on any atom is 0.154 e. The van der Waals surface area contributed by atoms with E-state index in [2.05, 4.69) is 43.5 Å². The molecule has 0 heterocycles. The van der Waals surface area contributed by atoms with Crippen molar-refractivity contribution >= 4 is 10.9 Å². The van der Waals surface area contributed by atoms with E-state index in [1.807, 2.05) is 0 Å². The highest BCUT2D eigenvalue weighted by atomic mass is 32.2. The van der Waals surface area contributed by atoms with Crippen LogP contribution < -0.4 is 0 Å². The summed E-state index contributed by atoms with van der Waals surface area (Å²) < 4.78 is 0. The lowest BCUT2D eigenvalue weighted by Gasteiger charge is -2.04. The van der Waals surface area contributed by atoms with Gasteiger partial charge in [0.15, 0.2) is 4.90 Å². The highest BCUT2D eigenvalue weighted by Gasteiger charge is 2.13. The summed E-state index contributed by atoms with van der Waals surface area (Å²) in [7, 11) is 0.450. The predicted molar refractivity (Wildman–Crippen MR) is 113 cm³/mol. The molecule has 24 heavy (non-hydrogen) atoms. The Kier molecular flexibility index (Phi) is 14.5. The molecule has 0 aliphatic heterocycles. The molecule has 0 radical (unpaired) electrons. The zero-order chi connectivity index (χ0) is 17.3. The van der Waals surface area contributed by atoms with Crippen molar-refractivity contribution in [2.45, 2.75) is 102 Å². The number of hydrogen-bond donors (Lipinski definition) is 0. The molecule has 0 saturated carbocycles. The van der Waals surface area contributed by atoms with Gasteiger partial charge in [-0.25, -0.2) is 0 Å². The van der Waals surface area contributed by atoms with Gasteiger partial charge in [-0.1, -0.05) is 102 Å². The number of rotatable bonds is 16. The van der Waals surface area contributed by atoms with E-state index in [9.17, 15) is 0 Å². The molecular weight excluding hydrogens is 308 g/mol. The molecule has 1 rings (SSSR count). The lowest BCUT2D eigenvalue weighted by atomic mass is 10.0. The second-order valence-corrected chi connectivity index (χ2v) is 9.40. The molecule has 1 unspecified atom stereocenters. The summed E-state index contributed by atoms with van der Waals surface area (Å²) >= 11 is 0. The molecular formula is C23H41S+. The van der Waals surface area contributed by atoms with Crippen molar-refractivity contribution in [2.75, 3.05) is 12.0 Å². The summed E-state index contributed by atoms with van der Waals surface area (Å²) in [5.41, 5.74) is 0. The van der Waals surface area contributed by atoms with E-state index < -0.39 is 0 Å². The summed E-state index contributed by atoms with van der Waals surface area (Å²) in [4.78, 5) is 1.53. The van der Waals surface area contributed by atoms with E-state index in [1.54, 1.807) is 0 Å². The molecule has 0 N–H and O–H groups in total. The maximum atomic E-state index is 2.40. The van der Waals surface area contributed by atoms with E-state index in [-0.39, 0.29) is 0 Å². The van der Waals surface area contributed by atoms with Gasteiger partial charge in [-0.2, -0.15) is 0 Å². The smallest absolute Gasteiger partial charge is 0.0654 e. The summed E-state index contributed by atoms with van der Waals surface area (Å²) in [6.45, 7) is 2.30. The van der Waals surface area contributed by atoms with E-state index in [0.29, 0.717) is 10.9 Å². The third-order valence-corrected chi connectivity index (χ3v) is 6.93. The van der Waals surface area contributed by atoms with Crippen LogP contribution >= 0.6 is 0 Å². The number of benzene rings is 1. The first kappa shape index (κ1) is 21.6. The highest BCUT2D eigenvalue weighted by Crippen LogP contribution is 2.15. The van der Waals surface area contributed by atoms with Crippen LogP contribution in [0.25, 0.3) is 0 Å². The summed E-state index contributed by atoms with van der Waals surface area (Å²) in [6.07, 6.45) is 22.7. The normalized spacial score (nSPS) is 12.4. The van der Waals surface area contributed by atoms with Gasteiger partial charge in [-0.15, -0.1) is 0 Å². The zero-order valence-electron chi connectivity index (χ0n) is 16.4. The molecule has 1 atom stereocenters. The molecule has 0 aliphatic rings. The molecule has 1 heteroatoms. The van der Waals surface area contributed by atoms with Gasteiger partial charge in [0.05, 0.1) is 0 Å². The van der Waals surface area contributed by atoms with Gasteiger partial charge in [0.1, 0.15) is 12.0 Å². The molecule has 0 amide bonds. The van der Waals surface area contributed by atoms with Gasteiger partial charge in [0.25, 0.3) is 0 Å². The van der Waals surface area contributed by atoms with E-state index >= 15 is 0 Å². The van der Waals surface area contributed by atoms with Crippen LogP contribution in [0.3, 0.4) is 0 Å². The second-order valence-electron chi connectivity index (χ2n) is 7.25. The van der Waals surface area contributed by atoms with Gasteiger partial charge in [0.2, 0.25) is 0 Å². The monoisotopic (exact) mass is 349 g/mol. The van der Waals surface area contributed by atoms with Crippen molar-refractivity contribution < 1.29 is 0 Å². The van der Waals surface area contributed by atoms with Crippen LogP contribution in [0.15, 0.2) is 35.2 Å². The van der Waals surface area contributed by atoms with E-state index in [1.165, 1.54) is 101 Å². The average Bonchev–Trinajstić information content (AvgIpc) is 2.62. The molecule has 1 aromatic rings. The molecule has 0 bridgehead atoms. The Labute approximate surface area is 155 Å². The van der Waals surface area contributed by atoms with Crippen molar-refractivity contribution in [1.29, 1.82) is 0 Å². The SMILES string of the molecule is CCCCCCCCCCCCCCCC[S+](C)c1ccccc1. The van der Waals surface area contributed by atoms with Crippen LogP contribution in [0, 0.1) is 0 Å². The van der Waals surface area contributed by atoms with E-state index in [4.69, 9.17) is 0 Å². The molecule has 138 valence electrons. The molecule has 0 aliphatic carbocycles. The van der Waals surface area contributed by atoms with Gasteiger partial charge in [-0.3, -0.25) is 0 Å². The van der Waals surface area contributed by atoms with Crippen LogP contribution in [-0.4, -0.2) is 12.0 Å². The van der Waals surface area contributed by atoms with Crippen molar-refractivity contribution in [2.24, 2.45) is 0 Å². The predicted octanol–water partition coefficient (Wildman–Crippen LogP) is 7.77. The fourth-order valence-corrected chi connectivity index (χ4v) is 4.78. The zero-order valence-corrected chi connectivity index (χ0v) is 17.2. The van der Waals surface area contributed by atoms with Gasteiger partial charge in [0, 0.05) is 10.9 Å². The summed E-state index contributed by atoms with van der Waals surface area (Å²) in [6, 6.07) is 11.0. The topological polar surface area (TPSA) is 0 Å². The quantitative estimate of drug-likeness (QED) is 0.211. The van der Waals surface area contributed by atoms with Crippen molar-refractivity contribution in [3.05, 3.63) is 30.3 Å². The Morgan fingerprint density at radius 2 is 1.00 bits per heavy atom. The Morgan fingerprint density at radius 3 is 1.46 bits per heavy atom. The lowest BCUT2D eigenvalue weighted by molar-refractivity contribution is 0.538. The molecule has 1 aromatic carbocycles. The molecule has 0 aromatic heterocycles. The van der Waals surface area contributed by atoms with Crippen LogP contribution in [0.4, 0.5) is 0 Å². The van der Waals surface area contributed by atoms with Gasteiger partial charge >= 0.3 is 0 Å². The molecule has 0 saturated heterocycles. The van der Waals surface area contributed by atoms with Crippen molar-refractivity contribution in [3.63, 3.8) is 0 Å². The minimum Gasteiger partial charge on any atom is -0.0654 e. The van der Waals surface area contributed by atoms with Crippen LogP contribution in [0.2, 0.25) is 0 Å². The fourth-order valence-electron chi connectivity index (χ4n) is 3.28. The van der Waals surface area contributed by atoms with Gasteiger partial charge in [-0.05, 0) is 25.0 Å². The van der Waals surface area contributed by atoms with Crippen LogP contribution in [-0.2, 0) is 10.9 Å². The van der Waals surface area contributed by atoms with E-state index in [0.717, 1.165) is 0 Å². The average molecular weight is 350 g/mol. The minimum atomic E-state index is 0.450. The third kappa shape index (κ3) is 12.0. The highest BCUT2D eigenvalue weighted by molar-refractivity contribution is 7.96. The Bertz CT molecular complexity index is 360. The Morgan fingerprint density at radius 1 is 0.583 bits per heavy atom. The maximum absolute atomic E-state index is 2.40. The number of unbranched alkanes of at least 4 members (excludes halogenated alkanes) is 13. The first-order valence-electron chi connectivity index (χ1n) is 10.5. The Balaban J connectivity index is 1.79. The number of hydrogen-bond acceptors (Lipinski definition) is 0. The summed E-state index contributed by atoms with van der Waals surface area (Å²) in [5.74, 6) is 1.38. The second kappa shape index (κ2) is 16.1. The molecule has 0 nitrogen and oxygen atoms in total. The lowest BCUT2D eigenvalue weighted by Crippen LogP contribution is -2.05. The first-order chi connectivity index (χ1) is 11.8. The first-order valence-corrected chi connectivity index (χ1v) is 12.3. The van der Waals surface area contributed by atoms with Gasteiger partial charge < -0.3 is 0 Å². The fraction of sp³-hybridized carbons (Fsp3) is 0.739. The van der Waals surface area contributed by atoms with Crippen molar-refractivity contribution in [1.82, 2.24) is 0 Å². The Hall–Kier alpha value is -0.430.